The van der Waals surface area contributed by atoms with E-state index in [4.69, 9.17) is 21.8 Å². The molecule has 2 unspecified atom stereocenters. The highest BCUT2D eigenvalue weighted by Gasteiger charge is 2.20. The van der Waals surface area contributed by atoms with Crippen molar-refractivity contribution in [1.82, 2.24) is 0 Å². The van der Waals surface area contributed by atoms with E-state index in [0.29, 0.717) is 16.1 Å². The molecule has 4 N–H and O–H groups in total. The summed E-state index contributed by atoms with van der Waals surface area (Å²) in [6, 6.07) is 4.66. The quantitative estimate of drug-likeness (QED) is 0.614. The maximum absolute atomic E-state index is 9.81. The van der Waals surface area contributed by atoms with Gasteiger partial charge in [0.2, 0.25) is 0 Å². The second kappa shape index (κ2) is 6.18. The van der Waals surface area contributed by atoms with E-state index >= 15 is 0 Å². The Morgan fingerprint density at radius 2 is 1.88 bits per heavy atom. The molecule has 0 bridgehead atoms. The molecule has 0 amide bonds. The first kappa shape index (κ1) is 13.4. The molecule has 0 aliphatic carbocycles. The van der Waals surface area contributed by atoms with Crippen LogP contribution in [0.15, 0.2) is 18.2 Å². The van der Waals surface area contributed by atoms with Crippen molar-refractivity contribution in [3.8, 4) is 0 Å². The summed E-state index contributed by atoms with van der Waals surface area (Å²) in [4.78, 5) is 0. The van der Waals surface area contributed by atoms with E-state index < -0.39 is 12.2 Å². The maximum Gasteiger partial charge on any atom is 0.105 e. The lowest BCUT2D eigenvalue weighted by Gasteiger charge is -2.19. The summed E-state index contributed by atoms with van der Waals surface area (Å²) in [5.41, 5.74) is 0.893. The lowest BCUT2D eigenvalue weighted by molar-refractivity contribution is 0.00325. The van der Waals surface area contributed by atoms with Crippen molar-refractivity contribution >= 4 is 11.6 Å². The van der Waals surface area contributed by atoms with Gasteiger partial charge in [0.05, 0.1) is 12.7 Å². The third kappa shape index (κ3) is 3.17. The monoisotopic (exact) mass is 246 g/mol. The van der Waals surface area contributed by atoms with Crippen LogP contribution in [0.25, 0.3) is 0 Å². The first-order valence-corrected chi connectivity index (χ1v) is 5.34. The van der Waals surface area contributed by atoms with Gasteiger partial charge in [-0.3, -0.25) is 0 Å². The van der Waals surface area contributed by atoms with Crippen molar-refractivity contribution in [2.24, 2.45) is 0 Å². The van der Waals surface area contributed by atoms with Crippen LogP contribution >= 0.6 is 11.6 Å². The average molecular weight is 247 g/mol. The van der Waals surface area contributed by atoms with E-state index in [9.17, 15) is 10.2 Å². The van der Waals surface area contributed by atoms with E-state index in [0.717, 1.165) is 0 Å². The van der Waals surface area contributed by atoms with Crippen LogP contribution in [0.1, 0.15) is 23.7 Å². The van der Waals surface area contributed by atoms with E-state index in [1.54, 1.807) is 12.1 Å². The minimum absolute atomic E-state index is 0.0780. The molecule has 0 aromatic heterocycles. The van der Waals surface area contributed by atoms with Gasteiger partial charge in [-0.25, -0.2) is 0 Å². The number of hydrogen-bond donors (Lipinski definition) is 4. The summed E-state index contributed by atoms with van der Waals surface area (Å²) in [5.74, 6) is 0. The maximum atomic E-state index is 9.81. The van der Waals surface area contributed by atoms with Crippen LogP contribution in [0.4, 0.5) is 0 Å². The van der Waals surface area contributed by atoms with Gasteiger partial charge in [0.25, 0.3) is 0 Å². The van der Waals surface area contributed by atoms with E-state index in [1.165, 1.54) is 6.07 Å². The average Bonchev–Trinajstić information content (AvgIpc) is 2.28. The van der Waals surface area contributed by atoms with E-state index in [2.05, 4.69) is 0 Å². The zero-order valence-corrected chi connectivity index (χ0v) is 9.43. The normalized spacial score (nSPS) is 14.8. The highest BCUT2D eigenvalue weighted by Crippen LogP contribution is 2.25. The lowest BCUT2D eigenvalue weighted by atomic mass is 9.97. The molecular weight excluding hydrogens is 232 g/mol. The van der Waals surface area contributed by atoms with Crippen molar-refractivity contribution in [1.29, 1.82) is 0 Å². The molecule has 1 rings (SSSR count). The molecule has 0 aliphatic heterocycles. The molecule has 1 aromatic rings. The second-order valence-corrected chi connectivity index (χ2v) is 3.96. The number of aliphatic hydroxyl groups excluding tert-OH is 4. The van der Waals surface area contributed by atoms with Crippen molar-refractivity contribution in [3.63, 3.8) is 0 Å². The first-order valence-electron chi connectivity index (χ1n) is 4.96. The van der Waals surface area contributed by atoms with Crippen molar-refractivity contribution in [3.05, 3.63) is 34.3 Å². The molecule has 5 heteroatoms. The summed E-state index contributed by atoms with van der Waals surface area (Å²) in [6.45, 7) is -0.473. The van der Waals surface area contributed by atoms with E-state index in [-0.39, 0.29) is 19.6 Å². The third-order valence-corrected chi connectivity index (χ3v) is 2.62. The smallest absolute Gasteiger partial charge is 0.105 e. The summed E-state index contributed by atoms with van der Waals surface area (Å²) in [6.07, 6.45) is -2.11. The van der Waals surface area contributed by atoms with Crippen LogP contribution in [0, 0.1) is 0 Å². The molecule has 90 valence electrons. The fourth-order valence-corrected chi connectivity index (χ4v) is 1.69. The fraction of sp³-hybridized carbons (Fsp3) is 0.455. The Morgan fingerprint density at radius 1 is 1.19 bits per heavy atom. The fourth-order valence-electron chi connectivity index (χ4n) is 1.50. The van der Waals surface area contributed by atoms with Gasteiger partial charge in [-0.2, -0.15) is 0 Å². The molecular formula is C11H15ClO4. The molecule has 0 spiro atoms. The molecule has 0 radical (unpaired) electrons. The lowest BCUT2D eigenvalue weighted by Crippen LogP contribution is -2.20. The van der Waals surface area contributed by atoms with Crippen LogP contribution in [-0.2, 0) is 6.61 Å². The molecule has 0 fully saturated rings. The number of halogens is 1. The Labute approximate surface area is 98.7 Å². The minimum atomic E-state index is -1.13. The van der Waals surface area contributed by atoms with Gasteiger partial charge in [-0.05, 0) is 29.7 Å². The Morgan fingerprint density at radius 3 is 2.44 bits per heavy atom. The summed E-state index contributed by atoms with van der Waals surface area (Å²) in [7, 11) is 0. The van der Waals surface area contributed by atoms with Gasteiger partial charge in [0, 0.05) is 11.6 Å². The Balaban J connectivity index is 2.93. The number of benzene rings is 1. The molecule has 0 heterocycles. The largest absolute Gasteiger partial charge is 0.396 e. The van der Waals surface area contributed by atoms with Gasteiger partial charge < -0.3 is 20.4 Å². The van der Waals surface area contributed by atoms with Gasteiger partial charge in [-0.15, -0.1) is 0 Å². The Hall–Kier alpha value is -0.650. The highest BCUT2D eigenvalue weighted by molar-refractivity contribution is 6.30. The zero-order chi connectivity index (χ0) is 12.1. The van der Waals surface area contributed by atoms with Crippen LogP contribution in [0.5, 0.6) is 0 Å². The number of rotatable bonds is 5. The molecule has 1 aromatic carbocycles. The van der Waals surface area contributed by atoms with Crippen LogP contribution in [0.2, 0.25) is 5.02 Å². The number of hydrogen-bond acceptors (Lipinski definition) is 4. The summed E-state index contributed by atoms with van der Waals surface area (Å²) in [5, 5.41) is 37.6. The van der Waals surface area contributed by atoms with Crippen LogP contribution in [0.3, 0.4) is 0 Å². The first-order chi connectivity index (χ1) is 7.60. The second-order valence-electron chi connectivity index (χ2n) is 3.53. The molecule has 0 saturated carbocycles. The standard InChI is InChI=1S/C11H15ClO4/c12-8-1-2-9(7(5-8)6-14)11(16)10(15)3-4-13/h1-2,5,10-11,13-16H,3-4,6H2. The molecule has 16 heavy (non-hydrogen) atoms. The predicted molar refractivity (Wildman–Crippen MR) is 60.0 cm³/mol. The minimum Gasteiger partial charge on any atom is -0.396 e. The number of aliphatic hydroxyl groups is 4. The summed E-state index contributed by atoms with van der Waals surface area (Å²) < 4.78 is 0. The van der Waals surface area contributed by atoms with Gasteiger partial charge >= 0.3 is 0 Å². The third-order valence-electron chi connectivity index (χ3n) is 2.38. The molecule has 0 aliphatic rings. The molecule has 0 saturated heterocycles. The molecule has 2 atom stereocenters. The van der Waals surface area contributed by atoms with E-state index in [1.807, 2.05) is 0 Å². The predicted octanol–water partition coefficient (Wildman–Crippen LogP) is 0.609. The zero-order valence-electron chi connectivity index (χ0n) is 8.67. The van der Waals surface area contributed by atoms with Gasteiger partial charge in [0.15, 0.2) is 0 Å². The molecule has 4 nitrogen and oxygen atoms in total. The van der Waals surface area contributed by atoms with Crippen molar-refractivity contribution in [2.45, 2.75) is 25.2 Å². The Kier molecular flexibility index (Phi) is 5.18. The van der Waals surface area contributed by atoms with Gasteiger partial charge in [-0.1, -0.05) is 17.7 Å². The van der Waals surface area contributed by atoms with Crippen LogP contribution in [-0.4, -0.2) is 33.1 Å². The SMILES string of the molecule is OCCC(O)C(O)c1ccc(Cl)cc1CO. The van der Waals surface area contributed by atoms with Crippen molar-refractivity contribution < 1.29 is 20.4 Å². The topological polar surface area (TPSA) is 80.9 Å². The highest BCUT2D eigenvalue weighted by atomic mass is 35.5. The van der Waals surface area contributed by atoms with Crippen molar-refractivity contribution in [2.75, 3.05) is 6.61 Å². The van der Waals surface area contributed by atoms with Crippen LogP contribution < -0.4 is 0 Å². The van der Waals surface area contributed by atoms with Gasteiger partial charge in [0.1, 0.15) is 6.10 Å². The summed E-state index contributed by atoms with van der Waals surface area (Å²) >= 11 is 5.75. The Bertz CT molecular complexity index is 343.